The van der Waals surface area contributed by atoms with Crippen molar-refractivity contribution in [1.29, 1.82) is 0 Å². The molecule has 5 heterocycles. The molecule has 2 bridgehead atoms. The van der Waals surface area contributed by atoms with Crippen molar-refractivity contribution >= 4 is 27.6 Å². The monoisotopic (exact) mass is 394 g/mol. The third kappa shape index (κ3) is 3.36. The molecule has 2 atom stereocenters. The number of piperidine rings is 2. The SMILES string of the molecule is CC(=O)N1CC2CCC1CN2Cc1ccc(Oc2nc3ncccc3s2)cc1. The number of hydrogen-bond donors (Lipinski definition) is 0. The quantitative estimate of drug-likeness (QED) is 0.676. The van der Waals surface area contributed by atoms with Crippen LogP contribution in [0.4, 0.5) is 0 Å². The largest absolute Gasteiger partial charge is 0.431 e. The van der Waals surface area contributed by atoms with E-state index < -0.39 is 0 Å². The van der Waals surface area contributed by atoms with Crippen LogP contribution in [0.1, 0.15) is 25.3 Å². The van der Waals surface area contributed by atoms with Gasteiger partial charge in [-0.1, -0.05) is 23.5 Å². The molecule has 0 spiro atoms. The highest BCUT2D eigenvalue weighted by molar-refractivity contribution is 7.20. The lowest BCUT2D eigenvalue weighted by atomic mass is 9.90. The van der Waals surface area contributed by atoms with Crippen LogP contribution < -0.4 is 4.74 Å². The number of benzene rings is 1. The van der Waals surface area contributed by atoms with Gasteiger partial charge in [0.05, 0.1) is 4.70 Å². The molecule has 144 valence electrons. The molecule has 0 saturated carbocycles. The summed E-state index contributed by atoms with van der Waals surface area (Å²) in [6.07, 6.45) is 4.05. The Kier molecular flexibility index (Phi) is 4.49. The van der Waals surface area contributed by atoms with E-state index in [1.54, 1.807) is 13.1 Å². The number of pyridine rings is 1. The topological polar surface area (TPSA) is 58.6 Å². The van der Waals surface area contributed by atoms with Gasteiger partial charge in [-0.3, -0.25) is 9.69 Å². The van der Waals surface area contributed by atoms with Crippen LogP contribution in [0.5, 0.6) is 10.9 Å². The molecule has 3 aliphatic rings. The van der Waals surface area contributed by atoms with Crippen LogP contribution in [0.2, 0.25) is 0 Å². The van der Waals surface area contributed by atoms with Crippen LogP contribution in [-0.2, 0) is 11.3 Å². The van der Waals surface area contributed by atoms with Crippen LogP contribution >= 0.6 is 11.3 Å². The molecule has 3 fully saturated rings. The Labute approximate surface area is 167 Å². The summed E-state index contributed by atoms with van der Waals surface area (Å²) in [5.41, 5.74) is 1.99. The molecule has 6 rings (SSSR count). The van der Waals surface area contributed by atoms with Gasteiger partial charge in [0, 0.05) is 44.8 Å². The van der Waals surface area contributed by atoms with Crippen molar-refractivity contribution in [2.24, 2.45) is 0 Å². The number of fused-ring (bicyclic) bond motifs is 4. The number of amides is 1. The van der Waals surface area contributed by atoms with Gasteiger partial charge >= 0.3 is 0 Å². The van der Waals surface area contributed by atoms with Crippen molar-refractivity contribution in [1.82, 2.24) is 19.8 Å². The van der Waals surface area contributed by atoms with E-state index >= 15 is 0 Å². The van der Waals surface area contributed by atoms with E-state index in [0.717, 1.165) is 42.2 Å². The van der Waals surface area contributed by atoms with E-state index in [4.69, 9.17) is 4.74 Å². The third-order valence-electron chi connectivity index (χ3n) is 5.71. The Hall–Kier alpha value is -2.51. The van der Waals surface area contributed by atoms with Gasteiger partial charge in [-0.15, -0.1) is 0 Å². The highest BCUT2D eigenvalue weighted by Gasteiger charge is 2.39. The molecular weight excluding hydrogens is 372 g/mol. The second-order valence-corrected chi connectivity index (χ2v) is 8.53. The average molecular weight is 395 g/mol. The molecule has 3 aromatic rings. The number of aromatic nitrogens is 2. The lowest BCUT2D eigenvalue weighted by Gasteiger charge is -2.51. The van der Waals surface area contributed by atoms with E-state index in [-0.39, 0.29) is 5.91 Å². The first-order chi connectivity index (χ1) is 13.7. The summed E-state index contributed by atoms with van der Waals surface area (Å²) in [6.45, 7) is 4.44. The number of carbonyl (C=O) groups is 1. The summed E-state index contributed by atoms with van der Waals surface area (Å²) < 4.78 is 6.93. The molecule has 7 heteroatoms. The second-order valence-electron chi connectivity index (χ2n) is 7.54. The molecule has 1 amide bonds. The minimum absolute atomic E-state index is 0.209. The predicted octanol–water partition coefficient (Wildman–Crippen LogP) is 3.68. The Bertz CT molecular complexity index is 970. The summed E-state index contributed by atoms with van der Waals surface area (Å²) in [5, 5.41) is 0.610. The van der Waals surface area contributed by atoms with Gasteiger partial charge in [0.2, 0.25) is 5.91 Å². The Balaban J connectivity index is 1.24. The standard InChI is InChI=1S/C21H22N4O2S/c1-14(26)25-13-16-6-7-17(25)12-24(16)11-15-4-8-18(9-5-15)27-21-23-20-19(28-21)3-2-10-22-20/h2-5,8-10,16-17H,6-7,11-13H2,1H3. The first kappa shape index (κ1) is 17.6. The molecule has 0 aliphatic carbocycles. The summed E-state index contributed by atoms with van der Waals surface area (Å²) in [5.74, 6) is 0.992. The smallest absolute Gasteiger partial charge is 0.281 e. The molecule has 1 aromatic carbocycles. The normalized spacial score (nSPS) is 22.0. The number of carbonyl (C=O) groups excluding carboxylic acids is 1. The second kappa shape index (κ2) is 7.14. The number of piperazine rings is 1. The van der Waals surface area contributed by atoms with Crippen molar-refractivity contribution in [3.8, 4) is 10.9 Å². The lowest BCUT2D eigenvalue weighted by Crippen LogP contribution is -2.63. The minimum Gasteiger partial charge on any atom is -0.431 e. The van der Waals surface area contributed by atoms with Crippen molar-refractivity contribution in [3.05, 3.63) is 48.2 Å². The Morgan fingerprint density at radius 3 is 2.71 bits per heavy atom. The van der Waals surface area contributed by atoms with Crippen molar-refractivity contribution in [3.63, 3.8) is 0 Å². The molecule has 28 heavy (non-hydrogen) atoms. The zero-order chi connectivity index (χ0) is 19.1. The summed E-state index contributed by atoms with van der Waals surface area (Å²) >= 11 is 1.50. The van der Waals surface area contributed by atoms with Crippen LogP contribution in [0.25, 0.3) is 10.3 Å². The number of rotatable bonds is 4. The maximum atomic E-state index is 11.8. The predicted molar refractivity (Wildman–Crippen MR) is 109 cm³/mol. The van der Waals surface area contributed by atoms with Crippen LogP contribution in [-0.4, -0.2) is 50.8 Å². The lowest BCUT2D eigenvalue weighted by molar-refractivity contribution is -0.139. The number of thiazole rings is 1. The molecule has 2 aromatic heterocycles. The molecule has 3 saturated heterocycles. The van der Waals surface area contributed by atoms with E-state index in [2.05, 4.69) is 31.9 Å². The highest BCUT2D eigenvalue weighted by atomic mass is 32.1. The van der Waals surface area contributed by atoms with Gasteiger partial charge in [-0.05, 0) is 42.7 Å². The maximum absolute atomic E-state index is 11.8. The van der Waals surface area contributed by atoms with E-state index in [1.807, 2.05) is 24.3 Å². The number of nitrogens with zero attached hydrogens (tertiary/aromatic N) is 4. The molecule has 0 radical (unpaired) electrons. The van der Waals surface area contributed by atoms with Crippen molar-refractivity contribution in [2.45, 2.75) is 38.4 Å². The van der Waals surface area contributed by atoms with Gasteiger partial charge in [0.15, 0.2) is 5.65 Å². The maximum Gasteiger partial charge on any atom is 0.281 e. The first-order valence-electron chi connectivity index (χ1n) is 9.65. The average Bonchev–Trinajstić information content (AvgIpc) is 3.12. The fourth-order valence-corrected chi connectivity index (χ4v) is 5.08. The molecule has 0 N–H and O–H groups in total. The van der Waals surface area contributed by atoms with Gasteiger partial charge in [0.25, 0.3) is 5.19 Å². The Morgan fingerprint density at radius 1 is 1.18 bits per heavy atom. The zero-order valence-corrected chi connectivity index (χ0v) is 16.6. The zero-order valence-electron chi connectivity index (χ0n) is 15.7. The highest BCUT2D eigenvalue weighted by Crippen LogP contribution is 2.32. The van der Waals surface area contributed by atoms with E-state index in [0.29, 0.717) is 17.3 Å². The molecule has 6 nitrogen and oxygen atoms in total. The van der Waals surface area contributed by atoms with Crippen LogP contribution in [0.15, 0.2) is 42.6 Å². The van der Waals surface area contributed by atoms with Crippen LogP contribution in [0, 0.1) is 0 Å². The molecule has 2 unspecified atom stereocenters. The van der Waals surface area contributed by atoms with E-state index in [9.17, 15) is 4.79 Å². The number of ether oxygens (including phenoxy) is 1. The fourth-order valence-electron chi connectivity index (χ4n) is 4.29. The third-order valence-corrected chi connectivity index (χ3v) is 6.59. The summed E-state index contributed by atoms with van der Waals surface area (Å²) in [7, 11) is 0. The fraction of sp³-hybridized carbons (Fsp3) is 0.381. The van der Waals surface area contributed by atoms with Gasteiger partial charge in [-0.2, -0.15) is 4.98 Å². The minimum atomic E-state index is 0.209. The first-order valence-corrected chi connectivity index (χ1v) is 10.5. The van der Waals surface area contributed by atoms with Crippen molar-refractivity contribution in [2.75, 3.05) is 13.1 Å². The van der Waals surface area contributed by atoms with Gasteiger partial charge in [0.1, 0.15) is 5.75 Å². The molecular formula is C21H22N4O2S. The van der Waals surface area contributed by atoms with Gasteiger partial charge < -0.3 is 9.64 Å². The van der Waals surface area contributed by atoms with Crippen LogP contribution in [0.3, 0.4) is 0 Å². The summed E-state index contributed by atoms with van der Waals surface area (Å²) in [4.78, 5) is 25.0. The number of hydrogen-bond acceptors (Lipinski definition) is 6. The van der Waals surface area contributed by atoms with Crippen molar-refractivity contribution < 1.29 is 9.53 Å². The Morgan fingerprint density at radius 2 is 2.00 bits per heavy atom. The van der Waals surface area contributed by atoms with Gasteiger partial charge in [-0.25, -0.2) is 4.98 Å². The van der Waals surface area contributed by atoms with E-state index in [1.165, 1.54) is 23.3 Å². The summed E-state index contributed by atoms with van der Waals surface area (Å²) in [6, 6.07) is 13.0. The molecule has 3 aliphatic heterocycles.